The van der Waals surface area contributed by atoms with Crippen molar-refractivity contribution >= 4 is 0 Å². The molecular weight excluding hydrogens is 268 g/mol. The molecule has 1 N–H and O–H groups in total. The van der Waals surface area contributed by atoms with Crippen LogP contribution in [0, 0.1) is 47.3 Å². The van der Waals surface area contributed by atoms with Gasteiger partial charge in [-0.1, -0.05) is 37.5 Å². The number of aliphatic hydroxyl groups excluding tert-OH is 1. The van der Waals surface area contributed by atoms with E-state index in [0.717, 1.165) is 30.6 Å². The minimum absolute atomic E-state index is 0.106. The van der Waals surface area contributed by atoms with Crippen molar-refractivity contribution in [2.24, 2.45) is 35.0 Å². The lowest BCUT2D eigenvalue weighted by molar-refractivity contribution is -0.0225. The van der Waals surface area contributed by atoms with Gasteiger partial charge in [-0.2, -0.15) is 0 Å². The maximum atomic E-state index is 10.1. The lowest BCUT2D eigenvalue weighted by atomic mass is 9.48. The highest BCUT2D eigenvalue weighted by Crippen LogP contribution is 2.62. The Morgan fingerprint density at radius 1 is 1.27 bits per heavy atom. The lowest BCUT2D eigenvalue weighted by Gasteiger charge is -2.56. The Morgan fingerprint density at radius 3 is 2.82 bits per heavy atom. The van der Waals surface area contributed by atoms with Gasteiger partial charge in [0.15, 0.2) is 0 Å². The molecule has 7 atom stereocenters. The second-order valence-corrected chi connectivity index (χ2v) is 8.49. The van der Waals surface area contributed by atoms with E-state index in [2.05, 4.69) is 31.9 Å². The van der Waals surface area contributed by atoms with Gasteiger partial charge in [-0.3, -0.25) is 0 Å². The third-order valence-corrected chi connectivity index (χ3v) is 7.54. The quantitative estimate of drug-likeness (QED) is 0.521. The molecular formula is C21H28O. The van der Waals surface area contributed by atoms with E-state index in [9.17, 15) is 5.11 Å². The third kappa shape index (κ3) is 1.89. The molecule has 4 rings (SSSR count). The van der Waals surface area contributed by atoms with Crippen LogP contribution in [-0.2, 0) is 0 Å². The Labute approximate surface area is 134 Å². The van der Waals surface area contributed by atoms with E-state index < -0.39 is 0 Å². The molecule has 22 heavy (non-hydrogen) atoms. The highest BCUT2D eigenvalue weighted by atomic mass is 16.3. The Kier molecular flexibility index (Phi) is 3.31. The molecule has 0 amide bonds. The number of terminal acetylenes is 1. The van der Waals surface area contributed by atoms with Crippen LogP contribution in [-0.4, -0.2) is 11.2 Å². The summed E-state index contributed by atoms with van der Waals surface area (Å²) in [6.45, 7) is 4.91. The first-order valence-corrected chi connectivity index (χ1v) is 9.09. The summed E-state index contributed by atoms with van der Waals surface area (Å²) in [6.07, 6.45) is 17.3. The minimum Gasteiger partial charge on any atom is -0.393 e. The monoisotopic (exact) mass is 296 g/mol. The summed E-state index contributed by atoms with van der Waals surface area (Å²) >= 11 is 0. The predicted octanol–water partition coefficient (Wildman–Crippen LogP) is 4.34. The van der Waals surface area contributed by atoms with Gasteiger partial charge in [-0.15, -0.1) is 6.42 Å². The zero-order valence-electron chi connectivity index (χ0n) is 13.9. The molecule has 0 radical (unpaired) electrons. The van der Waals surface area contributed by atoms with E-state index in [1.807, 2.05) is 0 Å². The van der Waals surface area contributed by atoms with Crippen molar-refractivity contribution in [1.82, 2.24) is 0 Å². The average Bonchev–Trinajstić information content (AvgIpc) is 2.94. The zero-order valence-corrected chi connectivity index (χ0v) is 13.9. The molecule has 0 heterocycles. The highest BCUT2D eigenvalue weighted by molar-refractivity contribution is 5.35. The Hall–Kier alpha value is -1.00. The van der Waals surface area contributed by atoms with E-state index >= 15 is 0 Å². The molecule has 4 aliphatic rings. The summed E-state index contributed by atoms with van der Waals surface area (Å²) in [5.74, 6) is 6.68. The molecule has 0 aromatic rings. The van der Waals surface area contributed by atoms with Crippen LogP contribution in [0.25, 0.3) is 0 Å². The average molecular weight is 296 g/mol. The fraction of sp³-hybridized carbons (Fsp3) is 0.714. The van der Waals surface area contributed by atoms with E-state index in [4.69, 9.17) is 6.42 Å². The number of allylic oxidation sites excluding steroid dienone is 3. The molecule has 0 saturated heterocycles. The fourth-order valence-electron chi connectivity index (χ4n) is 6.43. The maximum Gasteiger partial charge on any atom is 0.0577 e. The number of rotatable bonds is 0. The first kappa shape index (κ1) is 14.6. The summed E-state index contributed by atoms with van der Waals surface area (Å²) in [5.41, 5.74) is 3.18. The molecule has 0 spiro atoms. The first-order valence-electron chi connectivity index (χ1n) is 9.09. The minimum atomic E-state index is -0.106. The van der Waals surface area contributed by atoms with E-state index in [-0.39, 0.29) is 6.10 Å². The molecule has 0 aromatic heterocycles. The lowest BCUT2D eigenvalue weighted by Crippen LogP contribution is -2.49. The molecule has 2 fully saturated rings. The molecule has 118 valence electrons. The maximum absolute atomic E-state index is 10.1. The van der Waals surface area contributed by atoms with Crippen molar-refractivity contribution in [2.45, 2.75) is 58.5 Å². The van der Waals surface area contributed by atoms with E-state index in [1.54, 1.807) is 5.57 Å². The zero-order chi connectivity index (χ0) is 15.5. The van der Waals surface area contributed by atoms with Crippen molar-refractivity contribution < 1.29 is 5.11 Å². The molecule has 1 nitrogen and oxygen atoms in total. The number of hydrogen-bond donors (Lipinski definition) is 1. The van der Waals surface area contributed by atoms with Crippen LogP contribution in [0.2, 0.25) is 0 Å². The van der Waals surface area contributed by atoms with Gasteiger partial charge in [0.2, 0.25) is 0 Å². The van der Waals surface area contributed by atoms with Crippen molar-refractivity contribution in [2.75, 3.05) is 0 Å². The topological polar surface area (TPSA) is 20.2 Å². The second-order valence-electron chi connectivity index (χ2n) is 8.49. The van der Waals surface area contributed by atoms with Crippen molar-refractivity contribution in [3.63, 3.8) is 0 Å². The molecule has 0 bridgehead atoms. The van der Waals surface area contributed by atoms with Crippen molar-refractivity contribution in [3.05, 3.63) is 23.3 Å². The molecule has 0 aliphatic heterocycles. The molecule has 0 aromatic carbocycles. The van der Waals surface area contributed by atoms with E-state index in [0.29, 0.717) is 17.3 Å². The van der Waals surface area contributed by atoms with Crippen LogP contribution in [0.3, 0.4) is 0 Å². The fourth-order valence-corrected chi connectivity index (χ4v) is 6.43. The van der Waals surface area contributed by atoms with Gasteiger partial charge in [-0.05, 0) is 73.5 Å². The van der Waals surface area contributed by atoms with Crippen LogP contribution < -0.4 is 0 Å². The smallest absolute Gasteiger partial charge is 0.0577 e. The number of aliphatic hydroxyl groups is 1. The van der Waals surface area contributed by atoms with Gasteiger partial charge in [0.25, 0.3) is 0 Å². The highest BCUT2D eigenvalue weighted by Gasteiger charge is 2.54. The van der Waals surface area contributed by atoms with Crippen LogP contribution in [0.5, 0.6) is 0 Å². The van der Waals surface area contributed by atoms with Gasteiger partial charge in [-0.25, -0.2) is 0 Å². The normalized spacial score (nSPS) is 50.1. The van der Waals surface area contributed by atoms with Crippen LogP contribution in [0.4, 0.5) is 0 Å². The largest absolute Gasteiger partial charge is 0.393 e. The van der Waals surface area contributed by atoms with Crippen LogP contribution in [0.15, 0.2) is 23.3 Å². The van der Waals surface area contributed by atoms with Crippen molar-refractivity contribution in [1.29, 1.82) is 0 Å². The van der Waals surface area contributed by atoms with Gasteiger partial charge >= 0.3 is 0 Å². The van der Waals surface area contributed by atoms with Crippen LogP contribution in [0.1, 0.15) is 52.4 Å². The summed E-state index contributed by atoms with van der Waals surface area (Å²) in [4.78, 5) is 0. The van der Waals surface area contributed by atoms with Crippen LogP contribution >= 0.6 is 0 Å². The predicted molar refractivity (Wildman–Crippen MR) is 89.9 cm³/mol. The molecule has 4 unspecified atom stereocenters. The van der Waals surface area contributed by atoms with E-state index in [1.165, 1.54) is 31.3 Å². The Bertz CT molecular complexity index is 577. The molecule has 2 saturated carbocycles. The number of fused-ring (bicyclic) bond motifs is 5. The standard InChI is InChI=1S/C21H28O/c1-4-14-5-7-18-17-8-6-15-12-16(22)9-10-21(15,3)19(17)11-13(2)20(14)18/h1,5-6,13,16-20,22H,7-12H2,2-3H3/t13-,16+,17?,18?,19?,20?,21+/m1/s1. The van der Waals surface area contributed by atoms with Gasteiger partial charge < -0.3 is 5.11 Å². The summed E-state index contributed by atoms with van der Waals surface area (Å²) in [7, 11) is 0. The summed E-state index contributed by atoms with van der Waals surface area (Å²) in [5, 5.41) is 10.1. The Balaban J connectivity index is 1.68. The Morgan fingerprint density at radius 2 is 2.05 bits per heavy atom. The second kappa shape index (κ2) is 5.00. The third-order valence-electron chi connectivity index (χ3n) is 7.54. The number of hydrogen-bond acceptors (Lipinski definition) is 1. The summed E-state index contributed by atoms with van der Waals surface area (Å²) in [6, 6.07) is 0. The van der Waals surface area contributed by atoms with Crippen molar-refractivity contribution in [3.8, 4) is 12.3 Å². The first-order chi connectivity index (χ1) is 10.5. The molecule has 4 aliphatic carbocycles. The molecule has 1 heteroatoms. The SMILES string of the molecule is C#CC1=CCC2C3CC=C4C[C@@H](O)CC[C@]4(C)C3C[C@@H](C)C12. The van der Waals surface area contributed by atoms with Gasteiger partial charge in [0.05, 0.1) is 6.10 Å². The van der Waals surface area contributed by atoms with Gasteiger partial charge in [0, 0.05) is 5.57 Å². The van der Waals surface area contributed by atoms with Gasteiger partial charge in [0.1, 0.15) is 0 Å². The summed E-state index contributed by atoms with van der Waals surface area (Å²) < 4.78 is 0.